The summed E-state index contributed by atoms with van der Waals surface area (Å²) in [5.74, 6) is 3.55. The van der Waals surface area contributed by atoms with Crippen LogP contribution in [0.4, 0.5) is 0 Å². The Morgan fingerprint density at radius 1 is 1.15 bits per heavy atom. The number of aromatic nitrogens is 5. The zero-order chi connectivity index (χ0) is 18.5. The first kappa shape index (κ1) is 17.9. The first-order chi connectivity index (χ1) is 13.3. The van der Waals surface area contributed by atoms with E-state index in [0.717, 1.165) is 23.1 Å². The van der Waals surface area contributed by atoms with E-state index < -0.39 is 0 Å². The van der Waals surface area contributed by atoms with E-state index in [1.165, 1.54) is 51.4 Å². The smallest absolute Gasteiger partial charge is 0.259 e. The van der Waals surface area contributed by atoms with Gasteiger partial charge in [0.25, 0.3) is 5.89 Å². The van der Waals surface area contributed by atoms with Crippen molar-refractivity contribution in [3.8, 4) is 17.3 Å². The van der Waals surface area contributed by atoms with Gasteiger partial charge in [-0.2, -0.15) is 4.98 Å². The third-order valence-corrected chi connectivity index (χ3v) is 5.63. The van der Waals surface area contributed by atoms with Crippen molar-refractivity contribution in [2.45, 2.75) is 64.2 Å². The van der Waals surface area contributed by atoms with Crippen LogP contribution in [0.25, 0.3) is 17.3 Å². The topological polar surface area (TPSA) is 69.6 Å². The Hall–Kier alpha value is -2.50. The largest absolute Gasteiger partial charge is 0.334 e. The van der Waals surface area contributed by atoms with Crippen molar-refractivity contribution in [3.63, 3.8) is 0 Å². The molecule has 142 valence electrons. The lowest BCUT2D eigenvalue weighted by molar-refractivity contribution is 0.292. The van der Waals surface area contributed by atoms with Gasteiger partial charge in [0.1, 0.15) is 12.1 Å². The number of hydrogen-bond donors (Lipinski definition) is 0. The molecule has 0 spiro atoms. The van der Waals surface area contributed by atoms with Gasteiger partial charge in [-0.3, -0.25) is 4.57 Å². The number of rotatable bonds is 7. The van der Waals surface area contributed by atoms with Crippen LogP contribution in [0.3, 0.4) is 0 Å². The summed E-state index contributed by atoms with van der Waals surface area (Å²) in [5.41, 5.74) is 0.853. The van der Waals surface area contributed by atoms with Crippen LogP contribution in [0.5, 0.6) is 0 Å². The molecule has 27 heavy (non-hydrogen) atoms. The summed E-state index contributed by atoms with van der Waals surface area (Å²) in [6, 6.07) is 3.90. The zero-order valence-corrected chi connectivity index (χ0v) is 15.9. The lowest BCUT2D eigenvalue weighted by Gasteiger charge is -2.26. The Kier molecular flexibility index (Phi) is 5.61. The fraction of sp³-hybridized carbons (Fsp3) is 0.524. The molecule has 1 fully saturated rings. The Bertz CT molecular complexity index is 817. The average molecular weight is 365 g/mol. The lowest BCUT2D eigenvalue weighted by Crippen LogP contribution is -2.14. The van der Waals surface area contributed by atoms with Crippen LogP contribution in [-0.2, 0) is 0 Å². The fourth-order valence-corrected chi connectivity index (χ4v) is 3.97. The highest BCUT2D eigenvalue weighted by atomic mass is 16.5. The fourth-order valence-electron chi connectivity index (χ4n) is 3.97. The predicted octanol–water partition coefficient (Wildman–Crippen LogP) is 5.17. The molecule has 3 aromatic rings. The molecule has 3 heterocycles. The summed E-state index contributed by atoms with van der Waals surface area (Å²) in [7, 11) is 0. The quantitative estimate of drug-likeness (QED) is 0.540. The third kappa shape index (κ3) is 4.26. The molecule has 0 unspecified atom stereocenters. The normalized spacial score (nSPS) is 20.0. The number of imidazole rings is 1. The molecule has 0 saturated heterocycles. The minimum atomic E-state index is 0.433. The number of pyridine rings is 1. The number of unbranched alkanes of at least 4 members (excludes halogenated alkanes) is 2. The van der Waals surface area contributed by atoms with Gasteiger partial charge < -0.3 is 4.52 Å². The van der Waals surface area contributed by atoms with E-state index in [1.54, 1.807) is 18.7 Å². The molecule has 0 aromatic carbocycles. The molecule has 0 amide bonds. The molecule has 0 bridgehead atoms. The van der Waals surface area contributed by atoms with Crippen molar-refractivity contribution in [2.24, 2.45) is 5.92 Å². The van der Waals surface area contributed by atoms with Crippen LogP contribution in [-0.4, -0.2) is 24.7 Å². The summed E-state index contributed by atoms with van der Waals surface area (Å²) in [5, 5.41) is 4.26. The van der Waals surface area contributed by atoms with Gasteiger partial charge in [0.15, 0.2) is 5.82 Å². The summed E-state index contributed by atoms with van der Waals surface area (Å²) >= 11 is 0. The van der Waals surface area contributed by atoms with Crippen LogP contribution in [0, 0.1) is 5.92 Å². The highest BCUT2D eigenvalue weighted by molar-refractivity contribution is 5.52. The van der Waals surface area contributed by atoms with Crippen LogP contribution in [0.15, 0.2) is 41.6 Å². The van der Waals surface area contributed by atoms with Crippen molar-refractivity contribution in [3.05, 3.63) is 42.9 Å². The summed E-state index contributed by atoms with van der Waals surface area (Å²) in [6.07, 6.45) is 17.5. The second-order valence-corrected chi connectivity index (χ2v) is 7.55. The van der Waals surface area contributed by atoms with Gasteiger partial charge in [0.05, 0.1) is 5.56 Å². The number of nitrogens with zero attached hydrogens (tertiary/aromatic N) is 5. The summed E-state index contributed by atoms with van der Waals surface area (Å²) < 4.78 is 7.38. The first-order valence-corrected chi connectivity index (χ1v) is 10.1. The third-order valence-electron chi connectivity index (χ3n) is 5.63. The van der Waals surface area contributed by atoms with Crippen LogP contribution < -0.4 is 0 Å². The Balaban J connectivity index is 1.36. The van der Waals surface area contributed by atoms with Gasteiger partial charge >= 0.3 is 0 Å². The molecule has 6 nitrogen and oxygen atoms in total. The minimum absolute atomic E-state index is 0.433. The second-order valence-electron chi connectivity index (χ2n) is 7.55. The van der Waals surface area contributed by atoms with E-state index in [0.29, 0.717) is 11.8 Å². The molecule has 1 aliphatic carbocycles. The van der Waals surface area contributed by atoms with Crippen LogP contribution in [0.2, 0.25) is 0 Å². The maximum absolute atomic E-state index is 5.52. The van der Waals surface area contributed by atoms with Crippen molar-refractivity contribution >= 4 is 0 Å². The highest BCUT2D eigenvalue weighted by Gasteiger charge is 2.26. The molecule has 0 radical (unpaired) electrons. The average Bonchev–Trinajstić information content (AvgIpc) is 3.41. The maximum Gasteiger partial charge on any atom is 0.259 e. The molecular weight excluding hydrogens is 338 g/mol. The standard InChI is InChI=1S/C21H27N5O/c1-2-3-4-5-16-6-8-17(9-7-16)20-24-21(27-25-20)18-10-11-19(23-14-18)26-13-12-22-15-26/h10-17H,2-9H2,1H3/t16-,17-. The van der Waals surface area contributed by atoms with E-state index in [4.69, 9.17) is 4.52 Å². The SMILES string of the molecule is CCCCC[C@H]1CC[C@H](c2noc(-c3ccc(-n4ccnc4)nc3)n2)CC1. The molecular formula is C21H27N5O. The molecule has 1 aliphatic rings. The Morgan fingerprint density at radius 3 is 2.74 bits per heavy atom. The van der Waals surface area contributed by atoms with Gasteiger partial charge in [-0.05, 0) is 43.7 Å². The maximum atomic E-state index is 5.52. The Morgan fingerprint density at radius 2 is 2.04 bits per heavy atom. The van der Waals surface area contributed by atoms with E-state index in [1.807, 2.05) is 22.9 Å². The predicted molar refractivity (Wildman–Crippen MR) is 103 cm³/mol. The van der Waals surface area contributed by atoms with Crippen molar-refractivity contribution < 1.29 is 4.52 Å². The van der Waals surface area contributed by atoms with Gasteiger partial charge in [-0.15, -0.1) is 0 Å². The molecule has 1 saturated carbocycles. The number of hydrogen-bond acceptors (Lipinski definition) is 5. The molecule has 0 N–H and O–H groups in total. The molecule has 0 aliphatic heterocycles. The van der Waals surface area contributed by atoms with Gasteiger partial charge in [-0.1, -0.05) is 37.8 Å². The summed E-state index contributed by atoms with van der Waals surface area (Å²) in [4.78, 5) is 13.2. The van der Waals surface area contributed by atoms with Gasteiger partial charge in [-0.25, -0.2) is 9.97 Å². The monoisotopic (exact) mass is 365 g/mol. The molecule has 4 rings (SSSR count). The van der Waals surface area contributed by atoms with Crippen molar-refractivity contribution in [1.29, 1.82) is 0 Å². The Labute approximate surface area is 160 Å². The second kappa shape index (κ2) is 8.46. The van der Waals surface area contributed by atoms with E-state index in [-0.39, 0.29) is 0 Å². The van der Waals surface area contributed by atoms with Crippen LogP contribution in [0.1, 0.15) is 70.0 Å². The lowest BCUT2D eigenvalue weighted by atomic mass is 9.79. The molecule has 3 aromatic heterocycles. The van der Waals surface area contributed by atoms with Gasteiger partial charge in [0.2, 0.25) is 0 Å². The molecule has 0 atom stereocenters. The highest BCUT2D eigenvalue weighted by Crippen LogP contribution is 2.37. The van der Waals surface area contributed by atoms with Crippen LogP contribution >= 0.6 is 0 Å². The zero-order valence-electron chi connectivity index (χ0n) is 15.9. The van der Waals surface area contributed by atoms with Crippen molar-refractivity contribution in [2.75, 3.05) is 0 Å². The van der Waals surface area contributed by atoms with E-state index in [9.17, 15) is 0 Å². The van der Waals surface area contributed by atoms with E-state index >= 15 is 0 Å². The van der Waals surface area contributed by atoms with Crippen molar-refractivity contribution in [1.82, 2.24) is 24.7 Å². The summed E-state index contributed by atoms with van der Waals surface area (Å²) in [6.45, 7) is 2.27. The molecule has 6 heteroatoms. The van der Waals surface area contributed by atoms with Gasteiger partial charge in [0, 0.05) is 24.5 Å². The first-order valence-electron chi connectivity index (χ1n) is 10.1. The van der Waals surface area contributed by atoms with E-state index in [2.05, 4.69) is 27.0 Å². The minimum Gasteiger partial charge on any atom is -0.334 e.